The number of morpholine rings is 1. The highest BCUT2D eigenvalue weighted by molar-refractivity contribution is 5.81. The molecule has 1 aliphatic carbocycles. The Kier molecular flexibility index (Phi) is 4.17. The second-order valence-corrected chi connectivity index (χ2v) is 6.71. The van der Waals surface area contributed by atoms with E-state index in [9.17, 15) is 14.4 Å². The summed E-state index contributed by atoms with van der Waals surface area (Å²) in [5.41, 5.74) is -0.494. The minimum atomic E-state index is -0.550. The summed E-state index contributed by atoms with van der Waals surface area (Å²) in [5, 5.41) is 0.410. The average Bonchev–Trinajstić information content (AvgIpc) is 2.64. The van der Waals surface area contributed by atoms with Gasteiger partial charge in [-0.05, 0) is 25.0 Å². The third-order valence-electron chi connectivity index (χ3n) is 5.25. The van der Waals surface area contributed by atoms with Gasteiger partial charge in [0.25, 0.3) is 5.56 Å². The number of rotatable bonds is 2. The van der Waals surface area contributed by atoms with Crippen LogP contribution in [0.4, 0.5) is 0 Å². The first-order chi connectivity index (χ1) is 12.1. The van der Waals surface area contributed by atoms with Crippen LogP contribution < -0.4 is 11.2 Å². The van der Waals surface area contributed by atoms with Gasteiger partial charge in [-0.2, -0.15) is 0 Å². The highest BCUT2D eigenvalue weighted by Crippen LogP contribution is 2.28. The number of fused-ring (bicyclic) bond motifs is 2. The summed E-state index contributed by atoms with van der Waals surface area (Å²) in [4.78, 5) is 41.3. The van der Waals surface area contributed by atoms with Crippen LogP contribution in [0.5, 0.6) is 0 Å². The molecule has 1 saturated heterocycles. The zero-order valence-corrected chi connectivity index (χ0v) is 13.9. The van der Waals surface area contributed by atoms with Gasteiger partial charge < -0.3 is 9.64 Å². The molecule has 1 aromatic heterocycles. The highest BCUT2D eigenvalue weighted by Gasteiger charge is 2.36. The van der Waals surface area contributed by atoms with Gasteiger partial charge in [-0.15, -0.1) is 0 Å². The van der Waals surface area contributed by atoms with Crippen LogP contribution in [0, 0.1) is 0 Å². The Hall–Kier alpha value is -2.41. The van der Waals surface area contributed by atoms with Crippen LogP contribution in [0.15, 0.2) is 33.9 Å². The van der Waals surface area contributed by atoms with Gasteiger partial charge in [0.1, 0.15) is 6.54 Å². The molecule has 2 aromatic rings. The molecule has 7 heteroatoms. The van der Waals surface area contributed by atoms with Crippen LogP contribution in [0.3, 0.4) is 0 Å². The number of aromatic nitrogens is 2. The maximum atomic E-state index is 12.9. The Bertz CT molecular complexity index is 914. The zero-order chi connectivity index (χ0) is 17.4. The molecule has 4 rings (SSSR count). The van der Waals surface area contributed by atoms with Crippen LogP contribution in [-0.4, -0.2) is 45.7 Å². The number of amides is 1. The number of carbonyl (C=O) groups is 1. The van der Waals surface area contributed by atoms with Crippen molar-refractivity contribution in [2.75, 3.05) is 13.2 Å². The van der Waals surface area contributed by atoms with Crippen molar-refractivity contribution >= 4 is 16.8 Å². The summed E-state index contributed by atoms with van der Waals surface area (Å²) >= 11 is 0. The summed E-state index contributed by atoms with van der Waals surface area (Å²) in [6.45, 7) is 1.02. The van der Waals surface area contributed by atoms with E-state index in [4.69, 9.17) is 4.74 Å². The predicted octanol–water partition coefficient (Wildman–Crippen LogP) is 0.860. The quantitative estimate of drug-likeness (QED) is 0.876. The lowest BCUT2D eigenvalue weighted by Gasteiger charge is -2.43. The number of hydrogen-bond acceptors (Lipinski definition) is 4. The van der Waals surface area contributed by atoms with E-state index in [1.165, 1.54) is 4.57 Å². The van der Waals surface area contributed by atoms with Crippen molar-refractivity contribution in [3.05, 3.63) is 45.1 Å². The molecule has 1 amide bonds. The molecule has 1 N–H and O–H groups in total. The standard InChI is InChI=1S/C18H21N3O4/c22-16(20-9-10-25-15-8-4-3-7-14(15)20)11-21-13-6-2-1-5-12(13)17(23)19-18(21)24/h1-2,5-6,14-15H,3-4,7-11H2,(H,19,23,24)/t14-,15-/m0/s1. The molecule has 2 aliphatic rings. The summed E-state index contributed by atoms with van der Waals surface area (Å²) in [6.07, 6.45) is 4.26. The Morgan fingerprint density at radius 2 is 2.00 bits per heavy atom. The van der Waals surface area contributed by atoms with Crippen LogP contribution in [0.2, 0.25) is 0 Å². The lowest BCUT2D eigenvalue weighted by Crippen LogP contribution is -2.56. The van der Waals surface area contributed by atoms with Crippen LogP contribution in [-0.2, 0) is 16.1 Å². The largest absolute Gasteiger partial charge is 0.374 e. The molecule has 0 bridgehead atoms. The van der Waals surface area contributed by atoms with Crippen LogP contribution in [0.1, 0.15) is 25.7 Å². The normalized spacial score (nSPS) is 23.4. The molecule has 132 valence electrons. The lowest BCUT2D eigenvalue weighted by molar-refractivity contribution is -0.150. The van der Waals surface area contributed by atoms with Crippen molar-refractivity contribution in [3.8, 4) is 0 Å². The lowest BCUT2D eigenvalue weighted by atomic mass is 9.90. The van der Waals surface area contributed by atoms with E-state index < -0.39 is 11.2 Å². The number of aromatic amines is 1. The van der Waals surface area contributed by atoms with Crippen molar-refractivity contribution in [1.82, 2.24) is 14.5 Å². The van der Waals surface area contributed by atoms with Gasteiger partial charge in [0.05, 0.1) is 29.7 Å². The van der Waals surface area contributed by atoms with Crippen molar-refractivity contribution in [3.63, 3.8) is 0 Å². The fourth-order valence-electron chi connectivity index (χ4n) is 4.03. The van der Waals surface area contributed by atoms with E-state index in [0.29, 0.717) is 24.1 Å². The molecule has 1 aliphatic heterocycles. The number of benzene rings is 1. The molecule has 2 heterocycles. The van der Waals surface area contributed by atoms with E-state index in [2.05, 4.69) is 4.98 Å². The first kappa shape index (κ1) is 16.1. The van der Waals surface area contributed by atoms with Crippen molar-refractivity contribution in [1.29, 1.82) is 0 Å². The summed E-state index contributed by atoms with van der Waals surface area (Å²) in [5.74, 6) is -0.0977. The second kappa shape index (κ2) is 6.48. The average molecular weight is 343 g/mol. The second-order valence-electron chi connectivity index (χ2n) is 6.71. The Morgan fingerprint density at radius 1 is 1.20 bits per heavy atom. The number of hydrogen-bond donors (Lipinski definition) is 1. The minimum Gasteiger partial charge on any atom is -0.374 e. The predicted molar refractivity (Wildman–Crippen MR) is 92.5 cm³/mol. The van der Waals surface area contributed by atoms with E-state index in [1.54, 1.807) is 24.3 Å². The third-order valence-corrected chi connectivity index (χ3v) is 5.25. The SMILES string of the molecule is O=C(Cn1c(=O)[nH]c(=O)c2ccccc21)N1CCO[C@H]2CCCC[C@@H]21. The van der Waals surface area contributed by atoms with Gasteiger partial charge in [-0.25, -0.2) is 4.79 Å². The summed E-state index contributed by atoms with van der Waals surface area (Å²) in [7, 11) is 0. The first-order valence-electron chi connectivity index (χ1n) is 8.78. The molecule has 0 radical (unpaired) electrons. The van der Waals surface area contributed by atoms with Crippen molar-refractivity contribution in [2.24, 2.45) is 0 Å². The fourth-order valence-corrected chi connectivity index (χ4v) is 4.03. The molecule has 1 saturated carbocycles. The molecule has 1 aromatic carbocycles. The number of carbonyl (C=O) groups excluding carboxylic acids is 1. The van der Waals surface area contributed by atoms with Gasteiger partial charge >= 0.3 is 5.69 Å². The van der Waals surface area contributed by atoms with Gasteiger partial charge in [0.15, 0.2) is 0 Å². The molecule has 25 heavy (non-hydrogen) atoms. The highest BCUT2D eigenvalue weighted by atomic mass is 16.5. The number of para-hydroxylation sites is 1. The van der Waals surface area contributed by atoms with Gasteiger partial charge in [0, 0.05) is 6.54 Å². The first-order valence-corrected chi connectivity index (χ1v) is 8.78. The minimum absolute atomic E-state index is 0.0701. The molecule has 0 spiro atoms. The molecular weight excluding hydrogens is 322 g/mol. The van der Waals surface area contributed by atoms with Crippen LogP contribution >= 0.6 is 0 Å². The third kappa shape index (κ3) is 2.89. The Labute approximate surface area is 144 Å². The fraction of sp³-hybridized carbons (Fsp3) is 0.500. The maximum Gasteiger partial charge on any atom is 0.329 e. The van der Waals surface area contributed by atoms with E-state index in [1.807, 2.05) is 4.90 Å². The van der Waals surface area contributed by atoms with E-state index in [-0.39, 0.29) is 24.6 Å². The smallest absolute Gasteiger partial charge is 0.329 e. The number of ether oxygens (including phenoxy) is 1. The van der Waals surface area contributed by atoms with E-state index in [0.717, 1.165) is 25.7 Å². The van der Waals surface area contributed by atoms with Gasteiger partial charge in [0.2, 0.25) is 5.91 Å². The molecule has 2 fully saturated rings. The number of nitrogens with zero attached hydrogens (tertiary/aromatic N) is 2. The molecule has 0 unspecified atom stereocenters. The number of H-pyrrole nitrogens is 1. The monoisotopic (exact) mass is 343 g/mol. The molecule has 2 atom stereocenters. The summed E-state index contributed by atoms with van der Waals surface area (Å²) < 4.78 is 7.17. The van der Waals surface area contributed by atoms with E-state index >= 15 is 0 Å². The molecular formula is C18H21N3O4. The Balaban J connectivity index is 1.66. The maximum absolute atomic E-state index is 12.9. The Morgan fingerprint density at radius 3 is 2.88 bits per heavy atom. The van der Waals surface area contributed by atoms with Gasteiger partial charge in [-0.1, -0.05) is 25.0 Å². The summed E-state index contributed by atoms with van der Waals surface area (Å²) in [6, 6.07) is 6.94. The van der Waals surface area contributed by atoms with Crippen LogP contribution in [0.25, 0.3) is 10.9 Å². The topological polar surface area (TPSA) is 84.4 Å². The number of nitrogens with one attached hydrogen (secondary N) is 1. The zero-order valence-electron chi connectivity index (χ0n) is 13.9. The van der Waals surface area contributed by atoms with Gasteiger partial charge in [-0.3, -0.25) is 19.1 Å². The molecule has 7 nitrogen and oxygen atoms in total. The van der Waals surface area contributed by atoms with Crippen molar-refractivity contribution < 1.29 is 9.53 Å². The van der Waals surface area contributed by atoms with Crippen molar-refractivity contribution in [2.45, 2.75) is 44.4 Å².